The molecule has 1 heterocycles. The number of thiazole rings is 1. The molecule has 0 bridgehead atoms. The van der Waals surface area contributed by atoms with Gasteiger partial charge < -0.3 is 10.0 Å². The average molecular weight is 284 g/mol. The van der Waals surface area contributed by atoms with Crippen LogP contribution < -0.4 is 4.90 Å². The topological polar surface area (TPSA) is 36.4 Å². The van der Waals surface area contributed by atoms with Gasteiger partial charge in [-0.1, -0.05) is 27.7 Å². The number of aliphatic hydroxyl groups is 1. The summed E-state index contributed by atoms with van der Waals surface area (Å²) in [5.74, 6) is 1.41. The van der Waals surface area contributed by atoms with Crippen molar-refractivity contribution >= 4 is 16.5 Å². The maximum Gasteiger partial charge on any atom is 0.185 e. The fourth-order valence-corrected chi connectivity index (χ4v) is 2.71. The lowest BCUT2D eigenvalue weighted by molar-refractivity contribution is 0.195. The van der Waals surface area contributed by atoms with E-state index in [-0.39, 0.29) is 0 Å². The molecule has 0 spiro atoms. The van der Waals surface area contributed by atoms with Crippen molar-refractivity contribution < 1.29 is 5.11 Å². The van der Waals surface area contributed by atoms with Crippen LogP contribution in [0.15, 0.2) is 5.38 Å². The van der Waals surface area contributed by atoms with Crippen LogP contribution in [-0.2, 0) is 0 Å². The summed E-state index contributed by atoms with van der Waals surface area (Å²) in [5.41, 5.74) is 0.791. The first-order valence-electron chi connectivity index (χ1n) is 7.28. The zero-order valence-electron chi connectivity index (χ0n) is 12.9. The summed E-state index contributed by atoms with van der Waals surface area (Å²) in [6.45, 7) is 12.9. The predicted octanol–water partition coefficient (Wildman–Crippen LogP) is 4.10. The molecule has 0 saturated carbocycles. The highest BCUT2D eigenvalue weighted by atomic mass is 32.1. The van der Waals surface area contributed by atoms with Crippen molar-refractivity contribution in [1.82, 2.24) is 4.98 Å². The molecule has 0 fully saturated rings. The van der Waals surface area contributed by atoms with E-state index in [1.807, 2.05) is 5.38 Å². The van der Waals surface area contributed by atoms with Gasteiger partial charge in [0.05, 0.1) is 11.8 Å². The van der Waals surface area contributed by atoms with Gasteiger partial charge in [0.2, 0.25) is 0 Å². The highest BCUT2D eigenvalue weighted by molar-refractivity contribution is 7.13. The van der Waals surface area contributed by atoms with Gasteiger partial charge in [-0.15, -0.1) is 11.3 Å². The molecule has 0 aliphatic carbocycles. The molecule has 0 aromatic carbocycles. The molecule has 0 saturated heterocycles. The number of aliphatic hydroxyl groups excluding tert-OH is 1. The summed E-state index contributed by atoms with van der Waals surface area (Å²) in [6.07, 6.45) is 1.89. The summed E-state index contributed by atoms with van der Waals surface area (Å²) in [7, 11) is 0. The minimum absolute atomic E-state index is 0.470. The molecule has 0 amide bonds. The zero-order valence-corrected chi connectivity index (χ0v) is 13.7. The lowest BCUT2D eigenvalue weighted by Crippen LogP contribution is -2.27. The molecule has 0 aliphatic heterocycles. The van der Waals surface area contributed by atoms with Crippen molar-refractivity contribution in [2.45, 2.75) is 53.6 Å². The van der Waals surface area contributed by atoms with Crippen molar-refractivity contribution in [2.75, 3.05) is 18.0 Å². The van der Waals surface area contributed by atoms with E-state index in [1.165, 1.54) is 12.8 Å². The molecule has 4 heteroatoms. The monoisotopic (exact) mass is 284 g/mol. The van der Waals surface area contributed by atoms with Gasteiger partial charge in [-0.05, 0) is 31.6 Å². The van der Waals surface area contributed by atoms with E-state index in [4.69, 9.17) is 0 Å². The van der Waals surface area contributed by atoms with Gasteiger partial charge in [0.15, 0.2) is 5.13 Å². The van der Waals surface area contributed by atoms with E-state index in [1.54, 1.807) is 18.3 Å². The summed E-state index contributed by atoms with van der Waals surface area (Å²) < 4.78 is 0. The Bertz CT molecular complexity index is 349. The van der Waals surface area contributed by atoms with E-state index < -0.39 is 6.10 Å². The smallest absolute Gasteiger partial charge is 0.185 e. The Labute approximate surface area is 121 Å². The molecule has 1 unspecified atom stereocenters. The predicted molar refractivity (Wildman–Crippen MR) is 83.9 cm³/mol. The Morgan fingerprint density at radius 3 is 2.00 bits per heavy atom. The maximum absolute atomic E-state index is 9.58. The molecule has 1 N–H and O–H groups in total. The van der Waals surface area contributed by atoms with E-state index in [0.717, 1.165) is 23.9 Å². The third-order valence-corrected chi connectivity index (χ3v) is 4.08. The van der Waals surface area contributed by atoms with Crippen molar-refractivity contribution in [1.29, 1.82) is 0 Å². The molecular formula is C15H28N2OS. The van der Waals surface area contributed by atoms with Crippen LogP contribution in [0.25, 0.3) is 0 Å². The maximum atomic E-state index is 9.58. The number of anilines is 1. The highest BCUT2D eigenvalue weighted by Crippen LogP contribution is 2.25. The molecular weight excluding hydrogens is 256 g/mol. The fraction of sp³-hybridized carbons (Fsp3) is 0.800. The molecule has 19 heavy (non-hydrogen) atoms. The number of aromatic nitrogens is 1. The van der Waals surface area contributed by atoms with Crippen molar-refractivity contribution in [3.8, 4) is 0 Å². The van der Waals surface area contributed by atoms with Crippen molar-refractivity contribution in [3.05, 3.63) is 11.1 Å². The lowest BCUT2D eigenvalue weighted by Gasteiger charge is -2.23. The van der Waals surface area contributed by atoms with Crippen molar-refractivity contribution in [2.24, 2.45) is 11.8 Å². The van der Waals surface area contributed by atoms with Gasteiger partial charge in [0.1, 0.15) is 0 Å². The van der Waals surface area contributed by atoms with Crippen LogP contribution in [-0.4, -0.2) is 23.2 Å². The average Bonchev–Trinajstić information content (AvgIpc) is 2.77. The van der Waals surface area contributed by atoms with Crippen LogP contribution >= 0.6 is 11.3 Å². The van der Waals surface area contributed by atoms with Crippen molar-refractivity contribution in [3.63, 3.8) is 0 Å². The third kappa shape index (κ3) is 5.91. The normalized spacial score (nSPS) is 13.3. The van der Waals surface area contributed by atoms with Crippen LogP contribution in [0.4, 0.5) is 5.13 Å². The van der Waals surface area contributed by atoms with Gasteiger partial charge in [-0.25, -0.2) is 4.98 Å². The van der Waals surface area contributed by atoms with Crippen LogP contribution in [0, 0.1) is 11.8 Å². The standard InChI is InChI=1S/C15H28N2OS/c1-11(2)6-8-17(9-7-12(3)4)15-16-14(10-19-15)13(5)18/h10-13,18H,6-9H2,1-5H3. The van der Waals surface area contributed by atoms with Gasteiger partial charge in [0, 0.05) is 18.5 Å². The Hall–Kier alpha value is -0.610. The quantitative estimate of drug-likeness (QED) is 0.781. The number of rotatable bonds is 8. The van der Waals surface area contributed by atoms with E-state index in [2.05, 4.69) is 37.6 Å². The number of nitrogens with zero attached hydrogens (tertiary/aromatic N) is 2. The summed E-state index contributed by atoms with van der Waals surface area (Å²) in [6, 6.07) is 0. The molecule has 0 radical (unpaired) electrons. The second-order valence-corrected chi connectivity index (χ2v) is 6.92. The van der Waals surface area contributed by atoms with Gasteiger partial charge in [0.25, 0.3) is 0 Å². The Morgan fingerprint density at radius 1 is 1.11 bits per heavy atom. The summed E-state index contributed by atoms with van der Waals surface area (Å²) in [4.78, 5) is 6.93. The lowest BCUT2D eigenvalue weighted by atomic mass is 10.1. The van der Waals surface area contributed by atoms with Crippen LogP contribution in [0.1, 0.15) is 59.3 Å². The minimum Gasteiger partial charge on any atom is -0.387 e. The number of hydrogen-bond acceptors (Lipinski definition) is 4. The zero-order chi connectivity index (χ0) is 14.4. The third-order valence-electron chi connectivity index (χ3n) is 3.16. The first-order valence-corrected chi connectivity index (χ1v) is 8.16. The van der Waals surface area contributed by atoms with Crippen LogP contribution in [0.3, 0.4) is 0 Å². The van der Waals surface area contributed by atoms with E-state index in [0.29, 0.717) is 11.8 Å². The van der Waals surface area contributed by atoms with E-state index in [9.17, 15) is 5.11 Å². The Balaban J connectivity index is 2.69. The molecule has 0 aliphatic rings. The van der Waals surface area contributed by atoms with E-state index >= 15 is 0 Å². The largest absolute Gasteiger partial charge is 0.387 e. The molecule has 1 aromatic rings. The molecule has 1 atom stereocenters. The molecule has 3 nitrogen and oxygen atoms in total. The second-order valence-electron chi connectivity index (χ2n) is 6.08. The molecule has 1 rings (SSSR count). The first-order chi connectivity index (χ1) is 8.90. The molecule has 110 valence electrons. The summed E-state index contributed by atoms with van der Waals surface area (Å²) >= 11 is 1.64. The first kappa shape index (κ1) is 16.4. The van der Waals surface area contributed by atoms with Gasteiger partial charge in [-0.3, -0.25) is 0 Å². The van der Waals surface area contributed by atoms with Gasteiger partial charge >= 0.3 is 0 Å². The van der Waals surface area contributed by atoms with Gasteiger partial charge in [-0.2, -0.15) is 0 Å². The number of hydrogen-bond donors (Lipinski definition) is 1. The minimum atomic E-state index is -0.470. The fourth-order valence-electron chi connectivity index (χ4n) is 1.74. The molecule has 1 aromatic heterocycles. The Kier molecular flexibility index (Phi) is 6.80. The Morgan fingerprint density at radius 2 is 1.63 bits per heavy atom. The highest BCUT2D eigenvalue weighted by Gasteiger charge is 2.14. The van der Waals surface area contributed by atoms with Crippen LogP contribution in [0.2, 0.25) is 0 Å². The summed E-state index contributed by atoms with van der Waals surface area (Å²) in [5, 5.41) is 12.6. The SMILES string of the molecule is CC(C)CCN(CCC(C)C)c1nc(C(C)O)cs1. The second kappa shape index (κ2) is 7.85. The van der Waals surface area contributed by atoms with Crippen LogP contribution in [0.5, 0.6) is 0 Å².